The van der Waals surface area contributed by atoms with Crippen LogP contribution in [0.25, 0.3) is 11.4 Å². The number of hydrogen-bond acceptors (Lipinski definition) is 4. The SMILES string of the molecule is O=C(CCc1nc(-c2ccccc2)no1)NCC1CC1. The van der Waals surface area contributed by atoms with Gasteiger partial charge >= 0.3 is 0 Å². The molecule has 0 bridgehead atoms. The molecule has 104 valence electrons. The Bertz CT molecular complexity index is 576. The van der Waals surface area contributed by atoms with Gasteiger partial charge in [0, 0.05) is 24.9 Å². The first-order chi connectivity index (χ1) is 9.81. The van der Waals surface area contributed by atoms with Gasteiger partial charge in [-0.05, 0) is 18.8 Å². The van der Waals surface area contributed by atoms with E-state index in [2.05, 4.69) is 15.5 Å². The van der Waals surface area contributed by atoms with Crippen LogP contribution in [0.3, 0.4) is 0 Å². The van der Waals surface area contributed by atoms with Crippen LogP contribution in [0.4, 0.5) is 0 Å². The summed E-state index contributed by atoms with van der Waals surface area (Å²) in [4.78, 5) is 15.9. The van der Waals surface area contributed by atoms with Crippen molar-refractivity contribution in [3.63, 3.8) is 0 Å². The average molecular weight is 271 g/mol. The van der Waals surface area contributed by atoms with E-state index in [1.54, 1.807) is 0 Å². The van der Waals surface area contributed by atoms with Gasteiger partial charge in [0.05, 0.1) is 0 Å². The molecule has 3 rings (SSSR count). The van der Waals surface area contributed by atoms with Crippen molar-refractivity contribution in [2.75, 3.05) is 6.54 Å². The molecule has 0 spiro atoms. The van der Waals surface area contributed by atoms with E-state index in [1.807, 2.05) is 30.3 Å². The fraction of sp³-hybridized carbons (Fsp3) is 0.400. The molecule has 5 nitrogen and oxygen atoms in total. The number of carbonyl (C=O) groups is 1. The number of amides is 1. The van der Waals surface area contributed by atoms with Crippen LogP contribution in [0.2, 0.25) is 0 Å². The van der Waals surface area contributed by atoms with E-state index in [9.17, 15) is 4.79 Å². The molecule has 1 fully saturated rings. The molecule has 0 saturated heterocycles. The van der Waals surface area contributed by atoms with Crippen molar-refractivity contribution >= 4 is 5.91 Å². The zero-order chi connectivity index (χ0) is 13.8. The second-order valence-corrected chi connectivity index (χ2v) is 5.13. The van der Waals surface area contributed by atoms with Crippen LogP contribution in [0.15, 0.2) is 34.9 Å². The first kappa shape index (κ1) is 12.8. The van der Waals surface area contributed by atoms with Crippen LogP contribution in [0.5, 0.6) is 0 Å². The topological polar surface area (TPSA) is 68.0 Å². The maximum atomic E-state index is 11.6. The number of benzene rings is 1. The Morgan fingerprint density at radius 3 is 2.85 bits per heavy atom. The molecule has 2 aromatic rings. The molecule has 5 heteroatoms. The van der Waals surface area contributed by atoms with Gasteiger partial charge in [0.1, 0.15) is 0 Å². The Kier molecular flexibility index (Phi) is 3.76. The lowest BCUT2D eigenvalue weighted by molar-refractivity contribution is -0.121. The minimum absolute atomic E-state index is 0.0522. The third-order valence-corrected chi connectivity index (χ3v) is 3.35. The van der Waals surface area contributed by atoms with E-state index in [0.717, 1.165) is 12.1 Å². The second kappa shape index (κ2) is 5.86. The first-order valence-electron chi connectivity index (χ1n) is 6.96. The molecule has 0 aliphatic heterocycles. The summed E-state index contributed by atoms with van der Waals surface area (Å²) in [5, 5.41) is 6.86. The maximum Gasteiger partial charge on any atom is 0.227 e. The van der Waals surface area contributed by atoms with E-state index >= 15 is 0 Å². The predicted octanol–water partition coefficient (Wildman–Crippen LogP) is 2.20. The lowest BCUT2D eigenvalue weighted by Crippen LogP contribution is -2.25. The molecule has 1 N–H and O–H groups in total. The van der Waals surface area contributed by atoms with Gasteiger partial charge in [-0.2, -0.15) is 4.98 Å². The number of aryl methyl sites for hydroxylation is 1. The van der Waals surface area contributed by atoms with Crippen LogP contribution in [-0.2, 0) is 11.2 Å². The normalized spacial score (nSPS) is 14.2. The number of nitrogens with one attached hydrogen (secondary N) is 1. The molecule has 1 aromatic heterocycles. The number of aromatic nitrogens is 2. The third kappa shape index (κ3) is 3.44. The molecule has 1 amide bonds. The smallest absolute Gasteiger partial charge is 0.227 e. The van der Waals surface area contributed by atoms with Gasteiger partial charge in [-0.25, -0.2) is 0 Å². The molecule has 1 aliphatic carbocycles. The summed E-state index contributed by atoms with van der Waals surface area (Å²) < 4.78 is 5.17. The average Bonchev–Trinajstić information content (AvgIpc) is 3.20. The molecule has 0 radical (unpaired) electrons. The van der Waals surface area contributed by atoms with Gasteiger partial charge in [-0.3, -0.25) is 4.79 Å². The second-order valence-electron chi connectivity index (χ2n) is 5.13. The minimum Gasteiger partial charge on any atom is -0.356 e. The Labute approximate surface area is 117 Å². The summed E-state index contributed by atoms with van der Waals surface area (Å²) in [5.41, 5.74) is 0.917. The maximum absolute atomic E-state index is 11.6. The largest absolute Gasteiger partial charge is 0.356 e. The molecule has 1 heterocycles. The Balaban J connectivity index is 1.50. The van der Waals surface area contributed by atoms with Crippen molar-refractivity contribution < 1.29 is 9.32 Å². The van der Waals surface area contributed by atoms with Crippen molar-refractivity contribution in [2.45, 2.75) is 25.7 Å². The van der Waals surface area contributed by atoms with Crippen LogP contribution in [0.1, 0.15) is 25.2 Å². The fourth-order valence-corrected chi connectivity index (χ4v) is 1.95. The third-order valence-electron chi connectivity index (χ3n) is 3.35. The van der Waals surface area contributed by atoms with Gasteiger partial charge in [-0.1, -0.05) is 35.5 Å². The molecule has 1 aromatic carbocycles. The quantitative estimate of drug-likeness (QED) is 0.874. The van der Waals surface area contributed by atoms with Crippen molar-refractivity contribution in [1.82, 2.24) is 15.5 Å². The van der Waals surface area contributed by atoms with Gasteiger partial charge in [0.15, 0.2) is 0 Å². The lowest BCUT2D eigenvalue weighted by atomic mass is 10.2. The highest BCUT2D eigenvalue weighted by molar-refractivity contribution is 5.76. The minimum atomic E-state index is 0.0522. The van der Waals surface area contributed by atoms with E-state index in [-0.39, 0.29) is 5.91 Å². The molecular formula is C15H17N3O2. The van der Waals surface area contributed by atoms with Gasteiger partial charge in [0.2, 0.25) is 17.6 Å². The number of carbonyl (C=O) groups excluding carboxylic acids is 1. The molecule has 1 saturated carbocycles. The number of rotatable bonds is 6. The summed E-state index contributed by atoms with van der Waals surface area (Å²) in [6.45, 7) is 0.804. The van der Waals surface area contributed by atoms with Crippen molar-refractivity contribution in [3.8, 4) is 11.4 Å². The van der Waals surface area contributed by atoms with Crippen LogP contribution in [0, 0.1) is 5.92 Å². The van der Waals surface area contributed by atoms with Crippen molar-refractivity contribution in [3.05, 3.63) is 36.2 Å². The summed E-state index contributed by atoms with van der Waals surface area (Å²) in [6, 6.07) is 9.65. The Morgan fingerprint density at radius 2 is 2.10 bits per heavy atom. The first-order valence-corrected chi connectivity index (χ1v) is 6.96. The Morgan fingerprint density at radius 1 is 1.30 bits per heavy atom. The zero-order valence-corrected chi connectivity index (χ0v) is 11.2. The molecule has 0 unspecified atom stereocenters. The predicted molar refractivity (Wildman–Crippen MR) is 73.8 cm³/mol. The highest BCUT2D eigenvalue weighted by atomic mass is 16.5. The fourth-order valence-electron chi connectivity index (χ4n) is 1.95. The van der Waals surface area contributed by atoms with E-state index in [1.165, 1.54) is 12.8 Å². The van der Waals surface area contributed by atoms with Crippen molar-refractivity contribution in [1.29, 1.82) is 0 Å². The van der Waals surface area contributed by atoms with Crippen LogP contribution >= 0.6 is 0 Å². The standard InChI is InChI=1S/C15H17N3O2/c19-13(16-10-11-6-7-11)8-9-14-17-15(18-20-14)12-4-2-1-3-5-12/h1-5,11H,6-10H2,(H,16,19). The van der Waals surface area contributed by atoms with Gasteiger partial charge in [0.25, 0.3) is 0 Å². The summed E-state index contributed by atoms with van der Waals surface area (Å²) in [7, 11) is 0. The van der Waals surface area contributed by atoms with E-state index in [0.29, 0.717) is 30.5 Å². The lowest BCUT2D eigenvalue weighted by Gasteiger charge is -2.01. The molecule has 1 aliphatic rings. The van der Waals surface area contributed by atoms with Crippen LogP contribution in [-0.4, -0.2) is 22.6 Å². The van der Waals surface area contributed by atoms with E-state index in [4.69, 9.17) is 4.52 Å². The number of hydrogen-bond donors (Lipinski definition) is 1. The summed E-state index contributed by atoms with van der Waals surface area (Å²) >= 11 is 0. The molecule has 0 atom stereocenters. The number of nitrogens with zero attached hydrogens (tertiary/aromatic N) is 2. The molecular weight excluding hydrogens is 254 g/mol. The highest BCUT2D eigenvalue weighted by Gasteiger charge is 2.21. The van der Waals surface area contributed by atoms with Gasteiger partial charge in [-0.15, -0.1) is 0 Å². The summed E-state index contributed by atoms with van der Waals surface area (Å²) in [5.74, 6) is 1.83. The monoisotopic (exact) mass is 271 g/mol. The van der Waals surface area contributed by atoms with Crippen LogP contribution < -0.4 is 5.32 Å². The van der Waals surface area contributed by atoms with Crippen molar-refractivity contribution in [2.24, 2.45) is 5.92 Å². The van der Waals surface area contributed by atoms with E-state index < -0.39 is 0 Å². The highest BCUT2D eigenvalue weighted by Crippen LogP contribution is 2.27. The molecule has 20 heavy (non-hydrogen) atoms. The zero-order valence-electron chi connectivity index (χ0n) is 11.2. The Hall–Kier alpha value is -2.17. The van der Waals surface area contributed by atoms with Gasteiger partial charge < -0.3 is 9.84 Å². The summed E-state index contributed by atoms with van der Waals surface area (Å²) in [6.07, 6.45) is 3.36.